The Hall–Kier alpha value is -2.36. The van der Waals surface area contributed by atoms with Crippen molar-refractivity contribution in [3.8, 4) is 0 Å². The topological polar surface area (TPSA) is 20.1 Å². The Kier molecular flexibility index (Phi) is 5.62. The van der Waals surface area contributed by atoms with Gasteiger partial charge in [0, 0.05) is 15.6 Å². The number of aryl methyl sites for hydroxylation is 1. The fourth-order valence-corrected chi connectivity index (χ4v) is 6.05. The summed E-state index contributed by atoms with van der Waals surface area (Å²) >= 11 is 6.13. The summed E-state index contributed by atoms with van der Waals surface area (Å²) < 4.78 is 14.0. The van der Waals surface area contributed by atoms with Gasteiger partial charge in [0.15, 0.2) is 0 Å². The van der Waals surface area contributed by atoms with Crippen molar-refractivity contribution in [1.29, 1.82) is 0 Å². The van der Waals surface area contributed by atoms with E-state index in [0.717, 1.165) is 29.0 Å². The van der Waals surface area contributed by atoms with Gasteiger partial charge in [-0.1, -0.05) is 65.7 Å². The van der Waals surface area contributed by atoms with Crippen molar-refractivity contribution in [1.82, 2.24) is 0 Å². The second kappa shape index (κ2) is 8.17. The zero-order chi connectivity index (χ0) is 20.4. The number of allylic oxidation sites excluding steroid dienone is 1. The normalized spacial score (nSPS) is 21.6. The first kappa shape index (κ1) is 19.9. The lowest BCUT2D eigenvalue weighted by Crippen LogP contribution is -2.25. The zero-order valence-electron chi connectivity index (χ0n) is 16.4. The first-order valence-electron chi connectivity index (χ1n) is 9.77. The van der Waals surface area contributed by atoms with Crippen molar-refractivity contribution in [2.75, 3.05) is 4.90 Å². The maximum absolute atomic E-state index is 14.0. The molecule has 1 aliphatic rings. The standard InChI is InChI=1S/C25H24ClNOS/c1-3-4-18-25(29(28)23-16-10-19(2)11-17-23)24(20-8-6-5-7-9-20)27(25)22-14-12-21(26)13-15-22/h3,5-17,24H,1,4,18H2,2H3/t24-,25-,27?,29?/m1/s1. The molecule has 1 saturated heterocycles. The van der Waals surface area contributed by atoms with Crippen LogP contribution in [0.2, 0.25) is 5.02 Å². The van der Waals surface area contributed by atoms with E-state index in [-0.39, 0.29) is 6.04 Å². The average Bonchev–Trinajstić information content (AvgIpc) is 3.43. The molecule has 0 aliphatic carbocycles. The molecule has 0 saturated carbocycles. The van der Waals surface area contributed by atoms with Gasteiger partial charge in [0.1, 0.15) is 4.87 Å². The van der Waals surface area contributed by atoms with Crippen LogP contribution in [0.4, 0.5) is 5.69 Å². The van der Waals surface area contributed by atoms with Crippen LogP contribution in [0.15, 0.2) is 96.4 Å². The minimum absolute atomic E-state index is 0.0342. The van der Waals surface area contributed by atoms with E-state index in [1.54, 1.807) is 0 Å². The molecule has 0 radical (unpaired) electrons. The lowest BCUT2D eigenvalue weighted by Gasteiger charge is -2.18. The van der Waals surface area contributed by atoms with Crippen LogP contribution in [0, 0.1) is 6.92 Å². The number of rotatable bonds is 7. The number of halogens is 1. The maximum Gasteiger partial charge on any atom is 0.146 e. The fraction of sp³-hybridized carbons (Fsp3) is 0.200. The largest absolute Gasteiger partial charge is 0.342 e. The van der Waals surface area contributed by atoms with Crippen LogP contribution in [0.25, 0.3) is 0 Å². The van der Waals surface area contributed by atoms with E-state index >= 15 is 0 Å². The van der Waals surface area contributed by atoms with Crippen LogP contribution in [-0.2, 0) is 10.8 Å². The van der Waals surface area contributed by atoms with Crippen molar-refractivity contribution in [3.05, 3.63) is 108 Å². The molecule has 0 spiro atoms. The number of anilines is 1. The van der Waals surface area contributed by atoms with Gasteiger partial charge >= 0.3 is 0 Å². The zero-order valence-corrected chi connectivity index (χ0v) is 18.0. The van der Waals surface area contributed by atoms with Crippen LogP contribution in [-0.4, -0.2) is 9.08 Å². The second-order valence-corrected chi connectivity index (χ2v) is 9.57. The molecule has 1 unspecified atom stereocenters. The Morgan fingerprint density at radius 3 is 2.31 bits per heavy atom. The molecule has 4 rings (SSSR count). The highest BCUT2D eigenvalue weighted by Gasteiger charge is 2.67. The highest BCUT2D eigenvalue weighted by molar-refractivity contribution is 7.87. The third-order valence-electron chi connectivity index (χ3n) is 5.51. The van der Waals surface area contributed by atoms with Gasteiger partial charge in [-0.25, -0.2) is 0 Å². The first-order valence-corrected chi connectivity index (χ1v) is 11.3. The van der Waals surface area contributed by atoms with Gasteiger partial charge in [0.05, 0.1) is 16.8 Å². The number of hydrogen-bond donors (Lipinski definition) is 0. The van der Waals surface area contributed by atoms with Crippen molar-refractivity contribution >= 4 is 28.1 Å². The van der Waals surface area contributed by atoms with E-state index in [1.807, 2.05) is 79.7 Å². The molecule has 4 heteroatoms. The molecule has 1 aliphatic heterocycles. The first-order chi connectivity index (χ1) is 14.1. The van der Waals surface area contributed by atoms with Crippen molar-refractivity contribution in [2.24, 2.45) is 0 Å². The minimum Gasteiger partial charge on any atom is -0.342 e. The summed E-state index contributed by atoms with van der Waals surface area (Å²) in [6.45, 7) is 5.95. The van der Waals surface area contributed by atoms with Gasteiger partial charge in [-0.15, -0.1) is 6.58 Å². The molecule has 29 heavy (non-hydrogen) atoms. The summed E-state index contributed by atoms with van der Waals surface area (Å²) in [6.07, 6.45) is 3.47. The Morgan fingerprint density at radius 2 is 1.69 bits per heavy atom. The Morgan fingerprint density at radius 1 is 1.03 bits per heavy atom. The predicted molar refractivity (Wildman–Crippen MR) is 123 cm³/mol. The van der Waals surface area contributed by atoms with Gasteiger partial charge in [-0.2, -0.15) is 0 Å². The molecule has 0 bridgehead atoms. The monoisotopic (exact) mass is 421 g/mol. The molecule has 1 heterocycles. The SMILES string of the molecule is C=CCC[C@@]1(S(=O)c2ccc(C)cc2)[C@@H](c2ccccc2)N1c1ccc(Cl)cc1. The van der Waals surface area contributed by atoms with E-state index < -0.39 is 15.7 Å². The fourth-order valence-electron chi connectivity index (χ4n) is 4.04. The second-order valence-electron chi connectivity index (χ2n) is 7.41. The number of nitrogens with zero attached hydrogens (tertiary/aromatic N) is 1. The van der Waals surface area contributed by atoms with Gasteiger partial charge in [0.2, 0.25) is 0 Å². The van der Waals surface area contributed by atoms with E-state index in [0.29, 0.717) is 5.02 Å². The molecule has 0 amide bonds. The molecule has 3 aromatic rings. The molecule has 3 atom stereocenters. The summed E-state index contributed by atoms with van der Waals surface area (Å²) in [5.41, 5.74) is 3.37. The van der Waals surface area contributed by atoms with Crippen molar-refractivity contribution in [3.63, 3.8) is 0 Å². The lowest BCUT2D eigenvalue weighted by atomic mass is 10.1. The van der Waals surface area contributed by atoms with Crippen LogP contribution in [0.3, 0.4) is 0 Å². The average molecular weight is 422 g/mol. The van der Waals surface area contributed by atoms with Crippen molar-refractivity contribution in [2.45, 2.75) is 35.6 Å². The van der Waals surface area contributed by atoms with Gasteiger partial charge in [0.25, 0.3) is 0 Å². The van der Waals surface area contributed by atoms with Gasteiger partial charge in [-0.05, 0) is 61.7 Å². The van der Waals surface area contributed by atoms with Crippen LogP contribution >= 0.6 is 11.6 Å². The Bertz CT molecular complexity index is 1020. The van der Waals surface area contributed by atoms with Crippen LogP contribution in [0.5, 0.6) is 0 Å². The van der Waals surface area contributed by atoms with Gasteiger partial charge < -0.3 is 4.90 Å². The summed E-state index contributed by atoms with van der Waals surface area (Å²) in [7, 11) is -1.21. The van der Waals surface area contributed by atoms with E-state index in [1.165, 1.54) is 5.56 Å². The summed E-state index contributed by atoms with van der Waals surface area (Å²) in [6, 6.07) is 26.2. The van der Waals surface area contributed by atoms with E-state index in [9.17, 15) is 4.21 Å². The lowest BCUT2D eigenvalue weighted by molar-refractivity contribution is 0.650. The summed E-state index contributed by atoms with van der Waals surface area (Å²) in [5, 5.41) is 0.697. The highest BCUT2D eigenvalue weighted by Crippen LogP contribution is 2.61. The molecular formula is C25H24ClNOS. The minimum atomic E-state index is -1.21. The maximum atomic E-state index is 14.0. The molecule has 2 nitrogen and oxygen atoms in total. The quantitative estimate of drug-likeness (QED) is 0.313. The van der Waals surface area contributed by atoms with Crippen LogP contribution in [0.1, 0.15) is 30.0 Å². The third-order valence-corrected chi connectivity index (χ3v) is 7.73. The molecular weight excluding hydrogens is 398 g/mol. The molecule has 0 N–H and O–H groups in total. The third kappa shape index (κ3) is 3.65. The predicted octanol–water partition coefficient (Wildman–Crippen LogP) is 6.68. The molecule has 0 aromatic heterocycles. The summed E-state index contributed by atoms with van der Waals surface area (Å²) in [5.74, 6) is 0. The van der Waals surface area contributed by atoms with Crippen molar-refractivity contribution < 1.29 is 4.21 Å². The van der Waals surface area contributed by atoms with E-state index in [4.69, 9.17) is 11.6 Å². The summed E-state index contributed by atoms with van der Waals surface area (Å²) in [4.78, 5) is 2.63. The molecule has 148 valence electrons. The highest BCUT2D eigenvalue weighted by atomic mass is 35.5. The smallest absolute Gasteiger partial charge is 0.146 e. The number of benzene rings is 3. The molecule has 3 aromatic carbocycles. The van der Waals surface area contributed by atoms with Gasteiger partial charge in [-0.3, -0.25) is 4.21 Å². The Balaban J connectivity index is 1.83. The molecule has 1 fully saturated rings. The van der Waals surface area contributed by atoms with E-state index in [2.05, 4.69) is 23.6 Å². The number of hydrogen-bond acceptors (Lipinski definition) is 2. The van der Waals surface area contributed by atoms with Crippen LogP contribution < -0.4 is 4.90 Å². The Labute approximate surface area is 180 Å².